The van der Waals surface area contributed by atoms with Crippen molar-refractivity contribution in [2.24, 2.45) is 0 Å². The minimum atomic E-state index is -0.781. The molecule has 2 aromatic carbocycles. The van der Waals surface area contributed by atoms with E-state index in [0.29, 0.717) is 35.1 Å². The van der Waals surface area contributed by atoms with Gasteiger partial charge in [0.2, 0.25) is 0 Å². The van der Waals surface area contributed by atoms with E-state index in [1.54, 1.807) is 0 Å². The van der Waals surface area contributed by atoms with E-state index in [4.69, 9.17) is 14.2 Å². The molecule has 5 nitrogen and oxygen atoms in total. The van der Waals surface area contributed by atoms with Crippen LogP contribution in [0.3, 0.4) is 0 Å². The number of fused-ring (bicyclic) bond motifs is 2. The van der Waals surface area contributed by atoms with Gasteiger partial charge in [0.15, 0.2) is 0 Å². The molecule has 0 aliphatic heterocycles. The first-order valence-electron chi connectivity index (χ1n) is 9.92. The molecule has 30 heavy (non-hydrogen) atoms. The predicted octanol–water partition coefficient (Wildman–Crippen LogP) is 5.85. The molecule has 0 amide bonds. The summed E-state index contributed by atoms with van der Waals surface area (Å²) in [6.45, 7) is 7.68. The number of hydrogen-bond acceptors (Lipinski definition) is 5. The zero-order valence-corrected chi connectivity index (χ0v) is 17.6. The van der Waals surface area contributed by atoms with Crippen LogP contribution in [0.4, 0.5) is 4.79 Å². The van der Waals surface area contributed by atoms with Crippen molar-refractivity contribution in [3.63, 3.8) is 0 Å². The lowest BCUT2D eigenvalue weighted by atomic mass is 9.85. The van der Waals surface area contributed by atoms with Crippen molar-refractivity contribution >= 4 is 22.9 Å². The first-order valence-corrected chi connectivity index (χ1v) is 9.92. The Kier molecular flexibility index (Phi) is 6.72. The molecule has 2 aromatic rings. The van der Waals surface area contributed by atoms with Gasteiger partial charge < -0.3 is 14.2 Å². The Morgan fingerprint density at radius 3 is 2.33 bits per heavy atom. The van der Waals surface area contributed by atoms with E-state index >= 15 is 0 Å². The second-order valence-electron chi connectivity index (χ2n) is 7.41. The van der Waals surface area contributed by atoms with E-state index in [9.17, 15) is 9.59 Å². The molecule has 1 aliphatic rings. The van der Waals surface area contributed by atoms with E-state index in [1.807, 2.05) is 24.3 Å². The van der Waals surface area contributed by atoms with Gasteiger partial charge in [-0.2, -0.15) is 0 Å². The van der Waals surface area contributed by atoms with Gasteiger partial charge in [0.25, 0.3) is 0 Å². The Morgan fingerprint density at radius 1 is 1.07 bits per heavy atom. The van der Waals surface area contributed by atoms with Gasteiger partial charge in [0, 0.05) is 28.0 Å². The lowest BCUT2D eigenvalue weighted by Gasteiger charge is -2.24. The fourth-order valence-corrected chi connectivity index (χ4v) is 3.66. The Hall–Kier alpha value is -3.34. The van der Waals surface area contributed by atoms with Crippen molar-refractivity contribution in [3.8, 4) is 11.5 Å². The molecule has 0 fully saturated rings. The second kappa shape index (κ2) is 9.44. The van der Waals surface area contributed by atoms with Gasteiger partial charge in [-0.05, 0) is 39.5 Å². The summed E-state index contributed by atoms with van der Waals surface area (Å²) in [5.74, 6) is 0.422. The molecule has 0 spiro atoms. The molecule has 0 bridgehead atoms. The predicted molar refractivity (Wildman–Crippen MR) is 117 cm³/mol. The van der Waals surface area contributed by atoms with Crippen LogP contribution >= 0.6 is 0 Å². The average Bonchev–Trinajstić information content (AvgIpc) is 2.75. The van der Waals surface area contributed by atoms with Crippen LogP contribution in [0.5, 0.6) is 11.5 Å². The Bertz CT molecular complexity index is 1050. The van der Waals surface area contributed by atoms with Crippen LogP contribution in [-0.4, -0.2) is 19.2 Å². The van der Waals surface area contributed by atoms with Gasteiger partial charge in [-0.25, -0.2) is 9.59 Å². The highest BCUT2D eigenvalue weighted by Gasteiger charge is 2.26. The maximum atomic E-state index is 12.1. The smallest absolute Gasteiger partial charge is 0.437 e. The van der Waals surface area contributed by atoms with E-state index < -0.39 is 12.1 Å². The summed E-state index contributed by atoms with van der Waals surface area (Å²) in [6, 6.07) is 7.40. The number of ether oxygens (including phenoxy) is 3. The molecule has 0 unspecified atom stereocenters. The molecule has 156 valence electrons. The molecule has 0 aromatic heterocycles. The SMILES string of the molecule is C=CC(=O)Oc1c2c(c(OC(=O)OC)c3ccccc13)CC=C(CCC=C(C)C)C2. The van der Waals surface area contributed by atoms with Crippen LogP contribution in [0.2, 0.25) is 0 Å². The highest BCUT2D eigenvalue weighted by Crippen LogP contribution is 2.44. The Morgan fingerprint density at radius 2 is 1.73 bits per heavy atom. The zero-order chi connectivity index (χ0) is 21.7. The molecule has 0 radical (unpaired) electrons. The number of benzene rings is 2. The molecule has 3 rings (SSSR count). The van der Waals surface area contributed by atoms with Crippen molar-refractivity contribution in [1.29, 1.82) is 0 Å². The van der Waals surface area contributed by atoms with Crippen LogP contribution in [0, 0.1) is 0 Å². The summed E-state index contributed by atoms with van der Waals surface area (Å²) in [4.78, 5) is 24.0. The fourth-order valence-electron chi connectivity index (χ4n) is 3.66. The minimum Gasteiger partial charge on any atom is -0.437 e. The van der Waals surface area contributed by atoms with Gasteiger partial charge in [-0.3, -0.25) is 0 Å². The lowest BCUT2D eigenvalue weighted by Crippen LogP contribution is -2.15. The Balaban J connectivity index is 2.14. The zero-order valence-electron chi connectivity index (χ0n) is 17.6. The maximum Gasteiger partial charge on any atom is 0.513 e. The van der Waals surface area contributed by atoms with E-state index in [-0.39, 0.29) is 0 Å². The van der Waals surface area contributed by atoms with Crippen molar-refractivity contribution in [2.75, 3.05) is 7.11 Å². The summed E-state index contributed by atoms with van der Waals surface area (Å²) in [5, 5.41) is 1.39. The summed E-state index contributed by atoms with van der Waals surface area (Å²) in [6.07, 6.45) is 7.80. The first kappa shape index (κ1) is 21.4. The number of carbonyl (C=O) groups excluding carboxylic acids is 2. The largest absolute Gasteiger partial charge is 0.513 e. The van der Waals surface area contributed by atoms with Crippen LogP contribution in [-0.2, 0) is 22.4 Å². The van der Waals surface area contributed by atoms with Gasteiger partial charge in [-0.15, -0.1) is 0 Å². The van der Waals surface area contributed by atoms with Crippen molar-refractivity contribution in [2.45, 2.75) is 39.5 Å². The highest BCUT2D eigenvalue weighted by molar-refractivity contribution is 5.99. The quantitative estimate of drug-likeness (QED) is 0.198. The topological polar surface area (TPSA) is 61.8 Å². The number of allylic oxidation sites excluding steroid dienone is 4. The monoisotopic (exact) mass is 406 g/mol. The average molecular weight is 406 g/mol. The molecule has 0 saturated heterocycles. The minimum absolute atomic E-state index is 0.449. The third-order valence-electron chi connectivity index (χ3n) is 5.07. The van der Waals surface area contributed by atoms with Crippen molar-refractivity contribution in [1.82, 2.24) is 0 Å². The fraction of sp³-hybridized carbons (Fsp3) is 0.280. The normalized spacial score (nSPS) is 12.4. The molecular formula is C25H26O5. The van der Waals surface area contributed by atoms with Crippen LogP contribution in [0.25, 0.3) is 10.8 Å². The van der Waals surface area contributed by atoms with E-state index in [2.05, 4.69) is 32.6 Å². The summed E-state index contributed by atoms with van der Waals surface area (Å²) in [5.41, 5.74) is 4.23. The molecule has 1 aliphatic carbocycles. The molecule has 0 atom stereocenters. The molecular weight excluding hydrogens is 380 g/mol. The molecule has 0 heterocycles. The summed E-state index contributed by atoms with van der Waals surface area (Å²) >= 11 is 0. The van der Waals surface area contributed by atoms with Gasteiger partial charge in [0.1, 0.15) is 11.5 Å². The summed E-state index contributed by atoms with van der Waals surface area (Å²) < 4.78 is 16.0. The van der Waals surface area contributed by atoms with E-state index in [0.717, 1.165) is 30.0 Å². The van der Waals surface area contributed by atoms with Gasteiger partial charge in [-0.1, -0.05) is 54.1 Å². The Labute approximate surface area is 176 Å². The van der Waals surface area contributed by atoms with Crippen LogP contribution < -0.4 is 9.47 Å². The van der Waals surface area contributed by atoms with Gasteiger partial charge >= 0.3 is 12.1 Å². The van der Waals surface area contributed by atoms with Crippen molar-refractivity contribution in [3.05, 3.63) is 71.3 Å². The number of methoxy groups -OCH3 is 1. The lowest BCUT2D eigenvalue weighted by molar-refractivity contribution is -0.128. The third kappa shape index (κ3) is 4.62. The molecule has 5 heteroatoms. The van der Waals surface area contributed by atoms with E-state index in [1.165, 1.54) is 18.3 Å². The standard InChI is InChI=1S/C25H26O5/c1-5-22(26)29-24-19-12-7-6-11-18(19)23(30-25(27)28-4)20-14-13-17(15-21(20)24)10-8-9-16(2)3/h5-7,9,11-13H,1,8,10,14-15H2,2-4H3. The van der Waals surface area contributed by atoms with Crippen LogP contribution in [0.1, 0.15) is 37.8 Å². The second-order valence-corrected chi connectivity index (χ2v) is 7.41. The summed E-state index contributed by atoms with van der Waals surface area (Å²) in [7, 11) is 1.28. The number of rotatable bonds is 6. The first-order chi connectivity index (χ1) is 14.4. The van der Waals surface area contributed by atoms with Crippen LogP contribution in [0.15, 0.2) is 60.2 Å². The number of esters is 1. The number of carbonyl (C=O) groups is 2. The molecule has 0 N–H and O–H groups in total. The highest BCUT2D eigenvalue weighted by atomic mass is 16.7. The van der Waals surface area contributed by atoms with Crippen molar-refractivity contribution < 1.29 is 23.8 Å². The third-order valence-corrected chi connectivity index (χ3v) is 5.07. The number of hydrogen-bond donors (Lipinski definition) is 0. The molecule has 0 saturated carbocycles. The maximum absolute atomic E-state index is 12.1. The van der Waals surface area contributed by atoms with Gasteiger partial charge in [0.05, 0.1) is 7.11 Å².